The average Bonchev–Trinajstić information content (AvgIpc) is 2.44. The highest BCUT2D eigenvalue weighted by Gasteiger charge is 2.30. The molecule has 1 unspecified atom stereocenters. The number of alkyl halides is 3. The third kappa shape index (κ3) is 4.37. The molecule has 0 saturated heterocycles. The summed E-state index contributed by atoms with van der Waals surface area (Å²) in [4.78, 5) is 0. The highest BCUT2D eigenvalue weighted by Crippen LogP contribution is 2.30. The zero-order valence-corrected chi connectivity index (χ0v) is 11.5. The van der Waals surface area contributed by atoms with Gasteiger partial charge in [-0.3, -0.25) is 0 Å². The molecule has 1 atom stereocenters. The highest BCUT2D eigenvalue weighted by molar-refractivity contribution is 6.30. The van der Waals surface area contributed by atoms with Gasteiger partial charge in [-0.25, -0.2) is 0 Å². The number of ether oxygens (including phenoxy) is 1. The lowest BCUT2D eigenvalue weighted by molar-refractivity contribution is -0.137. The van der Waals surface area contributed by atoms with Gasteiger partial charge in [-0.2, -0.15) is 13.2 Å². The minimum absolute atomic E-state index is 0.0777. The fraction of sp³-hybridized carbons (Fsp3) is 0.200. The van der Waals surface area contributed by atoms with Gasteiger partial charge in [-0.1, -0.05) is 29.8 Å². The first-order valence-electron chi connectivity index (χ1n) is 6.10. The van der Waals surface area contributed by atoms with Crippen molar-refractivity contribution in [1.82, 2.24) is 0 Å². The van der Waals surface area contributed by atoms with Crippen LogP contribution in [0, 0.1) is 0 Å². The molecule has 0 spiro atoms. The molecule has 2 nitrogen and oxygen atoms in total. The molecule has 2 aromatic carbocycles. The van der Waals surface area contributed by atoms with Crippen molar-refractivity contribution in [3.05, 3.63) is 64.7 Å². The maximum Gasteiger partial charge on any atom is 0.416 e. The average molecular weight is 317 g/mol. The Morgan fingerprint density at radius 1 is 1.10 bits per heavy atom. The van der Waals surface area contributed by atoms with Crippen molar-refractivity contribution >= 4 is 11.6 Å². The van der Waals surface area contributed by atoms with Crippen LogP contribution in [0.5, 0.6) is 5.75 Å². The molecule has 0 aliphatic carbocycles. The van der Waals surface area contributed by atoms with Crippen LogP contribution in [0.25, 0.3) is 0 Å². The summed E-state index contributed by atoms with van der Waals surface area (Å²) >= 11 is 5.79. The summed E-state index contributed by atoms with van der Waals surface area (Å²) in [5.74, 6) is 0.480. The van der Waals surface area contributed by atoms with Gasteiger partial charge in [0.1, 0.15) is 18.5 Å². The third-order valence-electron chi connectivity index (χ3n) is 2.83. The van der Waals surface area contributed by atoms with E-state index >= 15 is 0 Å². The number of hydrogen-bond acceptors (Lipinski definition) is 2. The van der Waals surface area contributed by atoms with Gasteiger partial charge >= 0.3 is 6.18 Å². The second kappa shape index (κ2) is 6.37. The molecule has 0 aliphatic rings. The van der Waals surface area contributed by atoms with E-state index < -0.39 is 17.8 Å². The van der Waals surface area contributed by atoms with Gasteiger partial charge in [0.05, 0.1) is 5.56 Å². The van der Waals surface area contributed by atoms with Gasteiger partial charge in [-0.05, 0) is 35.9 Å². The smallest absolute Gasteiger partial charge is 0.416 e. The summed E-state index contributed by atoms with van der Waals surface area (Å²) in [5.41, 5.74) is -0.403. The molecule has 0 amide bonds. The van der Waals surface area contributed by atoms with Gasteiger partial charge in [0.15, 0.2) is 0 Å². The summed E-state index contributed by atoms with van der Waals surface area (Å²) in [6.07, 6.45) is -5.41. The molecule has 0 fully saturated rings. The van der Waals surface area contributed by atoms with Gasteiger partial charge in [0, 0.05) is 5.02 Å². The lowest BCUT2D eigenvalue weighted by Gasteiger charge is -2.14. The Morgan fingerprint density at radius 3 is 2.33 bits per heavy atom. The highest BCUT2D eigenvalue weighted by atomic mass is 35.5. The largest absolute Gasteiger partial charge is 0.490 e. The molecule has 0 aromatic heterocycles. The SMILES string of the molecule is OC(COc1cccc(Cl)c1)c1ccc(C(F)(F)F)cc1. The maximum atomic E-state index is 12.4. The van der Waals surface area contributed by atoms with Crippen molar-refractivity contribution in [2.75, 3.05) is 6.61 Å². The van der Waals surface area contributed by atoms with Crippen molar-refractivity contribution in [2.24, 2.45) is 0 Å². The van der Waals surface area contributed by atoms with E-state index in [0.29, 0.717) is 16.3 Å². The summed E-state index contributed by atoms with van der Waals surface area (Å²) < 4.78 is 42.6. The monoisotopic (exact) mass is 316 g/mol. The minimum Gasteiger partial charge on any atom is -0.490 e. The first-order chi connectivity index (χ1) is 9.86. The Bertz CT molecular complexity index is 597. The van der Waals surface area contributed by atoms with Gasteiger partial charge in [-0.15, -0.1) is 0 Å². The molecule has 6 heteroatoms. The number of aliphatic hydroxyl groups is 1. The molecule has 2 aromatic rings. The number of hydrogen-bond donors (Lipinski definition) is 1. The van der Waals surface area contributed by atoms with Crippen molar-refractivity contribution in [2.45, 2.75) is 12.3 Å². The minimum atomic E-state index is -4.39. The number of rotatable bonds is 4. The standard InChI is InChI=1S/C15H12ClF3O2/c16-12-2-1-3-13(8-12)21-9-14(20)10-4-6-11(7-5-10)15(17,18)19/h1-8,14,20H,9H2. The van der Waals surface area contributed by atoms with Crippen LogP contribution >= 0.6 is 11.6 Å². The second-order valence-corrected chi connectivity index (χ2v) is 4.84. The zero-order valence-electron chi connectivity index (χ0n) is 10.8. The van der Waals surface area contributed by atoms with Gasteiger partial charge in [0.2, 0.25) is 0 Å². The van der Waals surface area contributed by atoms with Gasteiger partial charge in [0.25, 0.3) is 0 Å². The molecule has 2 rings (SSSR count). The lowest BCUT2D eigenvalue weighted by atomic mass is 10.1. The fourth-order valence-electron chi connectivity index (χ4n) is 1.72. The summed E-state index contributed by atoms with van der Waals surface area (Å²) in [7, 11) is 0. The van der Waals surface area contributed by atoms with Crippen LogP contribution < -0.4 is 4.74 Å². The third-order valence-corrected chi connectivity index (χ3v) is 3.06. The Labute approximate surface area is 124 Å². The van der Waals surface area contributed by atoms with Crippen LogP contribution in [-0.4, -0.2) is 11.7 Å². The molecule has 0 heterocycles. The predicted molar refractivity (Wildman–Crippen MR) is 73.4 cm³/mol. The summed E-state index contributed by atoms with van der Waals surface area (Å²) in [6, 6.07) is 11.0. The quantitative estimate of drug-likeness (QED) is 0.901. The molecule has 0 saturated carbocycles. The first kappa shape index (κ1) is 15.7. The number of aliphatic hydroxyl groups excluding tert-OH is 1. The van der Waals surface area contributed by atoms with E-state index in [4.69, 9.17) is 16.3 Å². The second-order valence-electron chi connectivity index (χ2n) is 4.40. The van der Waals surface area contributed by atoms with E-state index in [1.165, 1.54) is 12.1 Å². The van der Waals surface area contributed by atoms with Crippen molar-refractivity contribution in [1.29, 1.82) is 0 Å². The molecule has 112 valence electrons. The van der Waals surface area contributed by atoms with E-state index in [2.05, 4.69) is 0 Å². The van der Waals surface area contributed by atoms with E-state index in [1.54, 1.807) is 24.3 Å². The molecule has 1 N–H and O–H groups in total. The molecule has 0 bridgehead atoms. The Kier molecular flexibility index (Phi) is 4.75. The van der Waals surface area contributed by atoms with Crippen LogP contribution in [0.3, 0.4) is 0 Å². The summed E-state index contributed by atoms with van der Waals surface area (Å²) in [6.45, 7) is -0.0777. The Morgan fingerprint density at radius 2 is 1.76 bits per heavy atom. The lowest BCUT2D eigenvalue weighted by Crippen LogP contribution is -2.10. The zero-order chi connectivity index (χ0) is 15.5. The molecule has 0 radical (unpaired) electrons. The van der Waals surface area contributed by atoms with Gasteiger partial charge < -0.3 is 9.84 Å². The van der Waals surface area contributed by atoms with E-state index in [-0.39, 0.29) is 6.61 Å². The molecule has 0 aliphatic heterocycles. The number of benzene rings is 2. The normalized spacial score (nSPS) is 13.0. The first-order valence-corrected chi connectivity index (χ1v) is 6.47. The Hall–Kier alpha value is -1.72. The van der Waals surface area contributed by atoms with E-state index in [0.717, 1.165) is 12.1 Å². The van der Waals surface area contributed by atoms with Crippen LogP contribution in [0.4, 0.5) is 13.2 Å². The maximum absolute atomic E-state index is 12.4. The predicted octanol–water partition coefficient (Wildman–Crippen LogP) is 4.47. The topological polar surface area (TPSA) is 29.5 Å². The summed E-state index contributed by atoms with van der Waals surface area (Å²) in [5, 5.41) is 10.4. The fourth-order valence-corrected chi connectivity index (χ4v) is 1.90. The van der Waals surface area contributed by atoms with Crippen molar-refractivity contribution < 1.29 is 23.0 Å². The van der Waals surface area contributed by atoms with Crippen molar-refractivity contribution in [3.8, 4) is 5.75 Å². The number of halogens is 4. The van der Waals surface area contributed by atoms with E-state index in [1.807, 2.05) is 0 Å². The van der Waals surface area contributed by atoms with Crippen LogP contribution in [0.1, 0.15) is 17.2 Å². The van der Waals surface area contributed by atoms with E-state index in [9.17, 15) is 18.3 Å². The molecule has 21 heavy (non-hydrogen) atoms. The van der Waals surface area contributed by atoms with Crippen LogP contribution in [0.15, 0.2) is 48.5 Å². The van der Waals surface area contributed by atoms with Crippen molar-refractivity contribution in [3.63, 3.8) is 0 Å². The van der Waals surface area contributed by atoms with Crippen LogP contribution in [0.2, 0.25) is 5.02 Å². The molecular weight excluding hydrogens is 305 g/mol. The molecular formula is C15H12ClF3O2. The Balaban J connectivity index is 1.99. The van der Waals surface area contributed by atoms with Crippen LogP contribution in [-0.2, 0) is 6.18 Å².